The van der Waals surface area contributed by atoms with Gasteiger partial charge in [0.25, 0.3) is 5.91 Å². The molecule has 0 fully saturated rings. The first kappa shape index (κ1) is 12.1. The molecule has 0 saturated carbocycles. The molecule has 2 rings (SSSR count). The third-order valence-corrected chi connectivity index (χ3v) is 2.84. The SMILES string of the molecule is CC(C)(C)NC(=O)c1ccc2c(c1)CCNC2. The summed E-state index contributed by atoms with van der Waals surface area (Å²) in [7, 11) is 0. The smallest absolute Gasteiger partial charge is 0.251 e. The molecule has 1 aliphatic rings. The highest BCUT2D eigenvalue weighted by atomic mass is 16.1. The molecule has 1 amide bonds. The number of rotatable bonds is 1. The predicted octanol–water partition coefficient (Wildman–Crippen LogP) is 1.86. The van der Waals surface area contributed by atoms with E-state index in [1.165, 1.54) is 11.1 Å². The van der Waals surface area contributed by atoms with Crippen molar-refractivity contribution in [1.29, 1.82) is 0 Å². The summed E-state index contributed by atoms with van der Waals surface area (Å²) in [6.07, 6.45) is 1.01. The topological polar surface area (TPSA) is 41.1 Å². The van der Waals surface area contributed by atoms with E-state index in [4.69, 9.17) is 0 Å². The molecule has 1 aliphatic heterocycles. The first-order chi connectivity index (χ1) is 7.96. The summed E-state index contributed by atoms with van der Waals surface area (Å²) in [5.41, 5.74) is 3.18. The van der Waals surface area contributed by atoms with Crippen molar-refractivity contribution in [3.05, 3.63) is 34.9 Å². The highest BCUT2D eigenvalue weighted by molar-refractivity contribution is 5.94. The molecule has 0 radical (unpaired) electrons. The van der Waals surface area contributed by atoms with E-state index in [0.717, 1.165) is 25.1 Å². The van der Waals surface area contributed by atoms with Gasteiger partial charge >= 0.3 is 0 Å². The molecule has 1 aromatic carbocycles. The van der Waals surface area contributed by atoms with Crippen LogP contribution >= 0.6 is 0 Å². The Bertz CT molecular complexity index is 432. The second-order valence-corrected chi connectivity index (χ2v) is 5.61. The van der Waals surface area contributed by atoms with Crippen LogP contribution in [0.25, 0.3) is 0 Å². The Morgan fingerprint density at radius 3 is 2.76 bits per heavy atom. The molecule has 2 N–H and O–H groups in total. The summed E-state index contributed by atoms with van der Waals surface area (Å²) in [5.74, 6) is 0.0128. The van der Waals surface area contributed by atoms with E-state index in [1.807, 2.05) is 32.9 Å². The summed E-state index contributed by atoms with van der Waals surface area (Å²) in [4.78, 5) is 12.0. The molecule has 3 heteroatoms. The van der Waals surface area contributed by atoms with Crippen LogP contribution < -0.4 is 10.6 Å². The van der Waals surface area contributed by atoms with E-state index < -0.39 is 0 Å². The molecule has 1 aromatic rings. The van der Waals surface area contributed by atoms with Crippen LogP contribution in [-0.2, 0) is 13.0 Å². The first-order valence-corrected chi connectivity index (χ1v) is 6.11. The zero-order valence-electron chi connectivity index (χ0n) is 10.8. The molecule has 17 heavy (non-hydrogen) atoms. The molecule has 0 unspecified atom stereocenters. The lowest BCUT2D eigenvalue weighted by molar-refractivity contribution is 0.0919. The van der Waals surface area contributed by atoms with E-state index in [9.17, 15) is 4.79 Å². The van der Waals surface area contributed by atoms with Crippen LogP contribution in [0.1, 0.15) is 42.3 Å². The van der Waals surface area contributed by atoms with E-state index in [2.05, 4.69) is 16.7 Å². The van der Waals surface area contributed by atoms with Gasteiger partial charge in [0.1, 0.15) is 0 Å². The third-order valence-electron chi connectivity index (χ3n) is 2.84. The van der Waals surface area contributed by atoms with Crippen LogP contribution in [0.15, 0.2) is 18.2 Å². The van der Waals surface area contributed by atoms with Gasteiger partial charge in [-0.1, -0.05) is 6.07 Å². The van der Waals surface area contributed by atoms with Crippen molar-refractivity contribution < 1.29 is 4.79 Å². The number of fused-ring (bicyclic) bond motifs is 1. The van der Waals surface area contributed by atoms with Crippen molar-refractivity contribution in [3.63, 3.8) is 0 Å². The fourth-order valence-corrected chi connectivity index (χ4v) is 2.03. The van der Waals surface area contributed by atoms with Gasteiger partial charge in [0, 0.05) is 17.6 Å². The minimum Gasteiger partial charge on any atom is -0.347 e. The van der Waals surface area contributed by atoms with Crippen molar-refractivity contribution in [2.24, 2.45) is 0 Å². The molecule has 0 saturated heterocycles. The number of hydrogen-bond acceptors (Lipinski definition) is 2. The van der Waals surface area contributed by atoms with Gasteiger partial charge in [0.05, 0.1) is 0 Å². The normalized spacial score (nSPS) is 15.2. The van der Waals surface area contributed by atoms with E-state index >= 15 is 0 Å². The molecular weight excluding hydrogens is 212 g/mol. The van der Waals surface area contributed by atoms with Gasteiger partial charge in [-0.05, 0) is 57.0 Å². The maximum absolute atomic E-state index is 12.0. The Morgan fingerprint density at radius 2 is 2.06 bits per heavy atom. The molecule has 0 aliphatic carbocycles. The number of amides is 1. The average Bonchev–Trinajstić information content (AvgIpc) is 2.26. The maximum Gasteiger partial charge on any atom is 0.251 e. The molecule has 92 valence electrons. The van der Waals surface area contributed by atoms with Crippen LogP contribution in [0.2, 0.25) is 0 Å². The highest BCUT2D eigenvalue weighted by Crippen LogP contribution is 2.16. The minimum absolute atomic E-state index is 0.0128. The number of hydrogen-bond donors (Lipinski definition) is 2. The Morgan fingerprint density at radius 1 is 1.29 bits per heavy atom. The summed E-state index contributed by atoms with van der Waals surface area (Å²) in [6, 6.07) is 5.99. The number of carbonyl (C=O) groups is 1. The van der Waals surface area contributed by atoms with Crippen molar-refractivity contribution in [1.82, 2.24) is 10.6 Å². The second kappa shape index (κ2) is 4.49. The summed E-state index contributed by atoms with van der Waals surface area (Å²) in [6.45, 7) is 7.89. The van der Waals surface area contributed by atoms with Gasteiger partial charge in [-0.25, -0.2) is 0 Å². The monoisotopic (exact) mass is 232 g/mol. The molecule has 0 spiro atoms. The fourth-order valence-electron chi connectivity index (χ4n) is 2.03. The van der Waals surface area contributed by atoms with Crippen LogP contribution in [0, 0.1) is 0 Å². The van der Waals surface area contributed by atoms with Gasteiger partial charge in [0.15, 0.2) is 0 Å². The number of carbonyl (C=O) groups excluding carboxylic acids is 1. The zero-order valence-corrected chi connectivity index (χ0v) is 10.8. The van der Waals surface area contributed by atoms with Crippen LogP contribution in [0.4, 0.5) is 0 Å². The van der Waals surface area contributed by atoms with Crippen molar-refractivity contribution >= 4 is 5.91 Å². The summed E-state index contributed by atoms with van der Waals surface area (Å²) in [5, 5.41) is 6.31. The van der Waals surface area contributed by atoms with Crippen molar-refractivity contribution in [3.8, 4) is 0 Å². The van der Waals surface area contributed by atoms with E-state index in [0.29, 0.717) is 0 Å². The Balaban J connectivity index is 2.19. The Hall–Kier alpha value is -1.35. The summed E-state index contributed by atoms with van der Waals surface area (Å²) < 4.78 is 0. The Kier molecular flexibility index (Phi) is 3.20. The molecule has 0 aromatic heterocycles. The minimum atomic E-state index is -0.186. The third kappa shape index (κ3) is 3.07. The second-order valence-electron chi connectivity index (χ2n) is 5.61. The lowest BCUT2D eigenvalue weighted by Crippen LogP contribution is -2.40. The van der Waals surface area contributed by atoms with Gasteiger partial charge in [-0.2, -0.15) is 0 Å². The molecule has 0 bridgehead atoms. The molecule has 0 atom stereocenters. The van der Waals surface area contributed by atoms with Gasteiger partial charge in [-0.15, -0.1) is 0 Å². The van der Waals surface area contributed by atoms with Crippen molar-refractivity contribution in [2.45, 2.75) is 39.3 Å². The van der Waals surface area contributed by atoms with E-state index in [1.54, 1.807) is 0 Å². The van der Waals surface area contributed by atoms with Gasteiger partial charge in [-0.3, -0.25) is 4.79 Å². The molecular formula is C14H20N2O. The number of nitrogens with one attached hydrogen (secondary N) is 2. The highest BCUT2D eigenvalue weighted by Gasteiger charge is 2.17. The Labute approximate surface area is 103 Å². The van der Waals surface area contributed by atoms with Gasteiger partial charge < -0.3 is 10.6 Å². The standard InChI is InChI=1S/C14H20N2O/c1-14(2,3)16-13(17)11-4-5-12-9-15-7-6-10(12)8-11/h4-5,8,15H,6-7,9H2,1-3H3,(H,16,17). The van der Waals surface area contributed by atoms with Gasteiger partial charge in [0.2, 0.25) is 0 Å². The van der Waals surface area contributed by atoms with Crippen LogP contribution in [-0.4, -0.2) is 18.0 Å². The maximum atomic E-state index is 12.0. The van der Waals surface area contributed by atoms with E-state index in [-0.39, 0.29) is 11.4 Å². The van der Waals surface area contributed by atoms with Crippen LogP contribution in [0.5, 0.6) is 0 Å². The molecule has 3 nitrogen and oxygen atoms in total. The average molecular weight is 232 g/mol. The van der Waals surface area contributed by atoms with Crippen LogP contribution in [0.3, 0.4) is 0 Å². The fraction of sp³-hybridized carbons (Fsp3) is 0.500. The van der Waals surface area contributed by atoms with Crippen molar-refractivity contribution in [2.75, 3.05) is 6.54 Å². The summed E-state index contributed by atoms with van der Waals surface area (Å²) >= 11 is 0. The lowest BCUT2D eigenvalue weighted by Gasteiger charge is -2.22. The lowest BCUT2D eigenvalue weighted by atomic mass is 9.97. The molecule has 1 heterocycles. The number of benzene rings is 1. The largest absolute Gasteiger partial charge is 0.347 e. The first-order valence-electron chi connectivity index (χ1n) is 6.11. The quantitative estimate of drug-likeness (QED) is 0.776. The zero-order chi connectivity index (χ0) is 12.5. The predicted molar refractivity (Wildman–Crippen MR) is 69.1 cm³/mol.